The van der Waals surface area contributed by atoms with Crippen LogP contribution >= 0.6 is 11.8 Å². The summed E-state index contributed by atoms with van der Waals surface area (Å²) in [6.07, 6.45) is 18.0. The summed E-state index contributed by atoms with van der Waals surface area (Å²) in [5, 5.41) is 9.72. The largest absolute Gasteiger partial charge is 0.323 e. The first-order chi connectivity index (χ1) is 10.4. The zero-order chi connectivity index (χ0) is 15.2. The van der Waals surface area contributed by atoms with Crippen LogP contribution in [0.2, 0.25) is 0 Å². The predicted molar refractivity (Wildman–Crippen MR) is 92.8 cm³/mol. The Hall–Kier alpha value is -0.510. The summed E-state index contributed by atoms with van der Waals surface area (Å²) in [5.41, 5.74) is 0. The molecule has 21 heavy (non-hydrogen) atoms. The minimum absolute atomic E-state index is 0.709. The maximum atomic E-state index is 4.13. The molecule has 0 saturated carbocycles. The van der Waals surface area contributed by atoms with Crippen LogP contribution in [0.15, 0.2) is 11.5 Å². The van der Waals surface area contributed by atoms with Crippen molar-refractivity contribution in [3.05, 3.63) is 6.33 Å². The molecule has 0 amide bonds. The van der Waals surface area contributed by atoms with Crippen molar-refractivity contribution in [3.8, 4) is 0 Å². The molecular weight excluding hydrogens is 278 g/mol. The van der Waals surface area contributed by atoms with Crippen molar-refractivity contribution in [2.24, 2.45) is 0 Å². The van der Waals surface area contributed by atoms with Gasteiger partial charge in [0.2, 0.25) is 0 Å². The van der Waals surface area contributed by atoms with Crippen LogP contribution in [0, 0.1) is 0 Å². The Labute approximate surface area is 135 Å². The lowest BCUT2D eigenvalue weighted by Crippen LogP contribution is -2.03. The van der Waals surface area contributed by atoms with Gasteiger partial charge < -0.3 is 4.98 Å². The second-order valence-electron chi connectivity index (χ2n) is 5.94. The van der Waals surface area contributed by atoms with E-state index in [4.69, 9.17) is 0 Å². The van der Waals surface area contributed by atoms with Gasteiger partial charge in [-0.25, -0.2) is 0 Å². The molecular formula is C17H33N3S. The number of hydrogen-bond acceptors (Lipinski definition) is 3. The fraction of sp³-hybridized carbons (Fsp3) is 0.882. The zero-order valence-corrected chi connectivity index (χ0v) is 14.8. The van der Waals surface area contributed by atoms with Crippen LogP contribution in [0.5, 0.6) is 0 Å². The van der Waals surface area contributed by atoms with Crippen LogP contribution in [0.4, 0.5) is 0 Å². The van der Waals surface area contributed by atoms with E-state index in [1.807, 2.05) is 11.8 Å². The fourth-order valence-corrected chi connectivity index (χ4v) is 3.72. The third kappa shape index (κ3) is 9.94. The molecule has 0 aliphatic carbocycles. The monoisotopic (exact) mass is 311 g/mol. The van der Waals surface area contributed by atoms with Gasteiger partial charge in [0.15, 0.2) is 5.16 Å². The Balaban J connectivity index is 2.21. The number of unbranched alkanes of at least 4 members (excludes halogenated alkanes) is 8. The number of H-pyrrole nitrogens is 1. The van der Waals surface area contributed by atoms with E-state index in [2.05, 4.69) is 29.0 Å². The molecule has 1 rings (SSSR count). The first-order valence-corrected chi connectivity index (χ1v) is 9.77. The Bertz CT molecular complexity index is 300. The molecule has 0 bridgehead atoms. The minimum atomic E-state index is 0.709. The molecule has 0 spiro atoms. The van der Waals surface area contributed by atoms with E-state index < -0.39 is 0 Å². The van der Waals surface area contributed by atoms with Crippen LogP contribution in [0.3, 0.4) is 0 Å². The molecule has 122 valence electrons. The fourth-order valence-electron chi connectivity index (χ4n) is 2.62. The lowest BCUT2D eigenvalue weighted by atomic mass is 10.0. The molecule has 1 N–H and O–H groups in total. The molecule has 0 saturated heterocycles. The number of nitrogens with one attached hydrogen (secondary N) is 1. The van der Waals surface area contributed by atoms with Gasteiger partial charge in [0.25, 0.3) is 0 Å². The summed E-state index contributed by atoms with van der Waals surface area (Å²) in [7, 11) is 0. The highest BCUT2D eigenvalue weighted by atomic mass is 32.2. The number of aromatic amines is 1. The molecule has 0 unspecified atom stereocenters. The van der Waals surface area contributed by atoms with E-state index in [1.54, 1.807) is 6.33 Å². The van der Waals surface area contributed by atoms with Gasteiger partial charge in [-0.05, 0) is 12.8 Å². The quantitative estimate of drug-likeness (QED) is 0.339. The van der Waals surface area contributed by atoms with Gasteiger partial charge in [-0.2, -0.15) is 0 Å². The summed E-state index contributed by atoms with van der Waals surface area (Å²) < 4.78 is 0. The molecule has 1 heterocycles. The third-order valence-electron chi connectivity index (χ3n) is 3.93. The van der Waals surface area contributed by atoms with Crippen LogP contribution in [-0.2, 0) is 0 Å². The maximum absolute atomic E-state index is 4.13. The number of rotatable bonds is 14. The van der Waals surface area contributed by atoms with Crippen LogP contribution in [0.1, 0.15) is 90.9 Å². The van der Waals surface area contributed by atoms with Gasteiger partial charge in [0, 0.05) is 5.25 Å². The minimum Gasteiger partial charge on any atom is -0.323 e. The highest BCUT2D eigenvalue weighted by molar-refractivity contribution is 7.99. The van der Waals surface area contributed by atoms with E-state index in [-0.39, 0.29) is 0 Å². The van der Waals surface area contributed by atoms with Gasteiger partial charge in [-0.15, -0.1) is 10.2 Å². The second kappa shape index (κ2) is 13.2. The first kappa shape index (κ1) is 18.5. The Morgan fingerprint density at radius 3 is 1.95 bits per heavy atom. The summed E-state index contributed by atoms with van der Waals surface area (Å²) in [6, 6.07) is 0. The topological polar surface area (TPSA) is 41.6 Å². The smallest absolute Gasteiger partial charge is 0.188 e. The van der Waals surface area contributed by atoms with Crippen LogP contribution in [-0.4, -0.2) is 20.4 Å². The Kier molecular flexibility index (Phi) is 11.6. The average molecular weight is 312 g/mol. The standard InChI is InChI=1S/C17H33N3S/c1-3-5-7-9-11-13-16(14-12-10-8-6-4-2)21-17-18-15-19-20-17/h15-16H,3-14H2,1-2H3,(H,18,19,20). The number of aromatic nitrogens is 3. The average Bonchev–Trinajstić information content (AvgIpc) is 2.99. The first-order valence-electron chi connectivity index (χ1n) is 8.89. The SMILES string of the molecule is CCCCCCCC(CCCCCCC)Sc1nnc[nH]1. The summed E-state index contributed by atoms with van der Waals surface area (Å²) in [4.78, 5) is 3.13. The molecule has 0 aliphatic heterocycles. The van der Waals surface area contributed by atoms with E-state index in [0.29, 0.717) is 5.25 Å². The van der Waals surface area contributed by atoms with Crippen molar-refractivity contribution in [1.82, 2.24) is 15.2 Å². The predicted octanol–water partition coefficient (Wildman–Crippen LogP) is 5.99. The molecule has 1 aromatic rings. The number of nitrogens with zero attached hydrogens (tertiary/aromatic N) is 2. The maximum Gasteiger partial charge on any atom is 0.188 e. The normalized spacial score (nSPS) is 11.4. The van der Waals surface area contributed by atoms with Crippen LogP contribution in [0.25, 0.3) is 0 Å². The van der Waals surface area contributed by atoms with Crippen molar-refractivity contribution in [2.45, 2.75) is 101 Å². The van der Waals surface area contributed by atoms with Crippen molar-refractivity contribution in [1.29, 1.82) is 0 Å². The molecule has 0 atom stereocenters. The van der Waals surface area contributed by atoms with Crippen molar-refractivity contribution in [2.75, 3.05) is 0 Å². The van der Waals surface area contributed by atoms with Gasteiger partial charge in [0.05, 0.1) is 0 Å². The Morgan fingerprint density at radius 1 is 0.905 bits per heavy atom. The third-order valence-corrected chi connectivity index (χ3v) is 5.16. The highest BCUT2D eigenvalue weighted by Gasteiger charge is 2.12. The van der Waals surface area contributed by atoms with Gasteiger partial charge >= 0.3 is 0 Å². The van der Waals surface area contributed by atoms with Crippen LogP contribution < -0.4 is 0 Å². The number of thioether (sulfide) groups is 1. The lowest BCUT2D eigenvalue weighted by Gasteiger charge is -2.15. The summed E-state index contributed by atoms with van der Waals surface area (Å²) >= 11 is 1.89. The molecule has 0 fully saturated rings. The second-order valence-corrected chi connectivity index (χ2v) is 7.23. The van der Waals surface area contributed by atoms with E-state index >= 15 is 0 Å². The molecule has 0 aliphatic rings. The highest BCUT2D eigenvalue weighted by Crippen LogP contribution is 2.28. The summed E-state index contributed by atoms with van der Waals surface area (Å²) in [6.45, 7) is 4.55. The van der Waals surface area contributed by atoms with Crippen molar-refractivity contribution >= 4 is 11.8 Å². The molecule has 1 aromatic heterocycles. The lowest BCUT2D eigenvalue weighted by molar-refractivity contribution is 0.550. The van der Waals surface area contributed by atoms with E-state index in [1.165, 1.54) is 77.0 Å². The van der Waals surface area contributed by atoms with Gasteiger partial charge in [-0.3, -0.25) is 0 Å². The molecule has 0 aromatic carbocycles. The van der Waals surface area contributed by atoms with Gasteiger partial charge in [-0.1, -0.05) is 89.8 Å². The van der Waals surface area contributed by atoms with E-state index in [0.717, 1.165) is 5.16 Å². The molecule has 4 heteroatoms. The molecule has 0 radical (unpaired) electrons. The van der Waals surface area contributed by atoms with Gasteiger partial charge in [0.1, 0.15) is 6.33 Å². The zero-order valence-electron chi connectivity index (χ0n) is 13.9. The Morgan fingerprint density at radius 2 is 1.48 bits per heavy atom. The number of hydrogen-bond donors (Lipinski definition) is 1. The van der Waals surface area contributed by atoms with Crippen molar-refractivity contribution < 1.29 is 0 Å². The van der Waals surface area contributed by atoms with E-state index in [9.17, 15) is 0 Å². The van der Waals surface area contributed by atoms with Crippen molar-refractivity contribution in [3.63, 3.8) is 0 Å². The molecule has 3 nitrogen and oxygen atoms in total. The summed E-state index contributed by atoms with van der Waals surface area (Å²) in [5.74, 6) is 0.